The molecule has 1 aromatic carbocycles. The van der Waals surface area contributed by atoms with Gasteiger partial charge in [-0.3, -0.25) is 0 Å². The minimum atomic E-state index is -1.46. The summed E-state index contributed by atoms with van der Waals surface area (Å²) in [7, 11) is 1.79. The van der Waals surface area contributed by atoms with Crippen molar-refractivity contribution in [2.45, 2.75) is 13.5 Å². The van der Waals surface area contributed by atoms with Gasteiger partial charge in [0, 0.05) is 17.0 Å². The van der Waals surface area contributed by atoms with E-state index in [-0.39, 0.29) is 5.56 Å². The van der Waals surface area contributed by atoms with Gasteiger partial charge in [-0.2, -0.15) is 0 Å². The standard InChI is InChI=1S/C12H11F3N2S/c1-6-9(5-16-2)18-12(17-6)7-3-4-8(13)11(15)10(7)14/h3-4,16H,5H2,1-2H3. The van der Waals surface area contributed by atoms with E-state index in [0.717, 1.165) is 16.6 Å². The first kappa shape index (κ1) is 13.0. The van der Waals surface area contributed by atoms with E-state index < -0.39 is 17.5 Å². The highest BCUT2D eigenvalue weighted by atomic mass is 32.1. The van der Waals surface area contributed by atoms with Crippen molar-refractivity contribution in [1.82, 2.24) is 10.3 Å². The Balaban J connectivity index is 2.49. The number of hydrogen-bond donors (Lipinski definition) is 1. The molecule has 2 nitrogen and oxygen atoms in total. The lowest BCUT2D eigenvalue weighted by Gasteiger charge is -2.00. The van der Waals surface area contributed by atoms with Crippen LogP contribution in [-0.4, -0.2) is 12.0 Å². The molecule has 0 radical (unpaired) electrons. The highest BCUT2D eigenvalue weighted by Crippen LogP contribution is 2.31. The second kappa shape index (κ2) is 5.07. The third kappa shape index (κ3) is 2.26. The van der Waals surface area contributed by atoms with E-state index in [1.54, 1.807) is 14.0 Å². The van der Waals surface area contributed by atoms with E-state index in [9.17, 15) is 13.2 Å². The lowest BCUT2D eigenvalue weighted by atomic mass is 10.2. The first-order chi connectivity index (χ1) is 8.54. The number of benzene rings is 1. The maximum atomic E-state index is 13.6. The number of aryl methyl sites for hydroxylation is 1. The number of rotatable bonds is 3. The largest absolute Gasteiger partial charge is 0.315 e. The van der Waals surface area contributed by atoms with Crippen LogP contribution >= 0.6 is 11.3 Å². The molecule has 0 aliphatic carbocycles. The van der Waals surface area contributed by atoms with E-state index in [4.69, 9.17) is 0 Å². The van der Waals surface area contributed by atoms with Gasteiger partial charge in [0.05, 0.1) is 5.69 Å². The Bertz CT molecular complexity index is 581. The fraction of sp³-hybridized carbons (Fsp3) is 0.250. The van der Waals surface area contributed by atoms with Crippen LogP contribution in [0.25, 0.3) is 10.6 Å². The quantitative estimate of drug-likeness (QED) is 0.868. The van der Waals surface area contributed by atoms with Gasteiger partial charge in [-0.05, 0) is 26.1 Å². The predicted octanol–water partition coefficient (Wildman–Crippen LogP) is 3.26. The highest BCUT2D eigenvalue weighted by Gasteiger charge is 2.18. The number of nitrogens with one attached hydrogen (secondary N) is 1. The molecule has 1 aromatic heterocycles. The first-order valence-corrected chi connectivity index (χ1v) is 6.11. The summed E-state index contributed by atoms with van der Waals surface area (Å²) in [5.41, 5.74) is 0.748. The molecule has 0 saturated heterocycles. The fourth-order valence-electron chi connectivity index (χ4n) is 1.56. The van der Waals surface area contributed by atoms with Gasteiger partial charge in [-0.15, -0.1) is 11.3 Å². The summed E-state index contributed by atoms with van der Waals surface area (Å²) in [6.45, 7) is 2.40. The fourth-order valence-corrected chi connectivity index (χ4v) is 2.65. The van der Waals surface area contributed by atoms with E-state index in [0.29, 0.717) is 11.6 Å². The maximum absolute atomic E-state index is 13.6. The molecule has 0 aliphatic rings. The molecule has 1 N–H and O–H groups in total. The summed E-state index contributed by atoms with van der Waals surface area (Å²) in [5.74, 6) is -3.85. The molecule has 0 spiro atoms. The Labute approximate surface area is 106 Å². The van der Waals surface area contributed by atoms with Gasteiger partial charge in [-0.25, -0.2) is 18.2 Å². The molecule has 0 aliphatic heterocycles. The van der Waals surface area contributed by atoms with Gasteiger partial charge in [0.1, 0.15) is 5.01 Å². The van der Waals surface area contributed by atoms with Gasteiger partial charge < -0.3 is 5.32 Å². The molecule has 18 heavy (non-hydrogen) atoms. The zero-order chi connectivity index (χ0) is 13.3. The lowest BCUT2D eigenvalue weighted by Crippen LogP contribution is -2.04. The summed E-state index contributed by atoms with van der Waals surface area (Å²) >= 11 is 1.26. The van der Waals surface area contributed by atoms with Gasteiger partial charge in [0.25, 0.3) is 0 Å². The maximum Gasteiger partial charge on any atom is 0.195 e. The lowest BCUT2D eigenvalue weighted by molar-refractivity contribution is 0.449. The van der Waals surface area contributed by atoms with E-state index in [1.165, 1.54) is 17.4 Å². The molecule has 0 saturated carbocycles. The molecule has 2 aromatic rings. The zero-order valence-corrected chi connectivity index (χ0v) is 10.7. The van der Waals surface area contributed by atoms with Gasteiger partial charge >= 0.3 is 0 Å². The molecule has 0 bridgehead atoms. The molecule has 0 unspecified atom stereocenters. The molecular formula is C12H11F3N2S. The molecule has 0 amide bonds. The Morgan fingerprint density at radius 2 is 1.94 bits per heavy atom. The second-order valence-electron chi connectivity index (χ2n) is 3.78. The van der Waals surface area contributed by atoms with Gasteiger partial charge in [0.2, 0.25) is 0 Å². The van der Waals surface area contributed by atoms with Gasteiger partial charge in [-0.1, -0.05) is 0 Å². The van der Waals surface area contributed by atoms with Crippen LogP contribution in [0.4, 0.5) is 13.2 Å². The van der Waals surface area contributed by atoms with Crippen molar-refractivity contribution >= 4 is 11.3 Å². The Hall–Kier alpha value is -1.40. The average Bonchev–Trinajstić information content (AvgIpc) is 2.68. The zero-order valence-electron chi connectivity index (χ0n) is 9.85. The average molecular weight is 272 g/mol. The smallest absolute Gasteiger partial charge is 0.195 e. The molecule has 2 rings (SSSR count). The minimum absolute atomic E-state index is 0.00986. The van der Waals surface area contributed by atoms with E-state index >= 15 is 0 Å². The topological polar surface area (TPSA) is 24.9 Å². The molecule has 6 heteroatoms. The molecular weight excluding hydrogens is 261 g/mol. The summed E-state index contributed by atoms with van der Waals surface area (Å²) < 4.78 is 39.6. The Morgan fingerprint density at radius 3 is 2.61 bits per heavy atom. The van der Waals surface area contributed by atoms with Crippen molar-refractivity contribution in [3.8, 4) is 10.6 Å². The monoisotopic (exact) mass is 272 g/mol. The molecule has 96 valence electrons. The second-order valence-corrected chi connectivity index (χ2v) is 4.86. The summed E-state index contributed by atoms with van der Waals surface area (Å²) in [4.78, 5) is 5.12. The Morgan fingerprint density at radius 1 is 1.22 bits per heavy atom. The van der Waals surface area contributed by atoms with E-state index in [1.807, 2.05) is 0 Å². The van der Waals surface area contributed by atoms with Crippen molar-refractivity contribution in [1.29, 1.82) is 0 Å². The van der Waals surface area contributed by atoms with Crippen LogP contribution in [-0.2, 0) is 6.54 Å². The number of halogens is 3. The van der Waals surface area contributed by atoms with Crippen LogP contribution in [0.3, 0.4) is 0 Å². The van der Waals surface area contributed by atoms with Crippen molar-refractivity contribution in [2.75, 3.05) is 7.05 Å². The van der Waals surface area contributed by atoms with Crippen molar-refractivity contribution in [3.05, 3.63) is 40.2 Å². The predicted molar refractivity (Wildman–Crippen MR) is 64.9 cm³/mol. The first-order valence-electron chi connectivity index (χ1n) is 5.29. The number of thiazole rings is 1. The van der Waals surface area contributed by atoms with Crippen LogP contribution in [0.5, 0.6) is 0 Å². The third-order valence-corrected chi connectivity index (χ3v) is 3.69. The number of nitrogens with zero attached hydrogens (tertiary/aromatic N) is 1. The van der Waals surface area contributed by atoms with Crippen LogP contribution in [0, 0.1) is 24.4 Å². The van der Waals surface area contributed by atoms with Crippen LogP contribution in [0.15, 0.2) is 12.1 Å². The van der Waals surface area contributed by atoms with Crippen molar-refractivity contribution < 1.29 is 13.2 Å². The summed E-state index contributed by atoms with van der Waals surface area (Å²) in [5, 5.41) is 3.32. The van der Waals surface area contributed by atoms with Crippen LogP contribution in [0.1, 0.15) is 10.6 Å². The summed E-state index contributed by atoms with van der Waals surface area (Å²) in [6, 6.07) is 2.11. The molecule has 1 heterocycles. The molecule has 0 fully saturated rings. The summed E-state index contributed by atoms with van der Waals surface area (Å²) in [6.07, 6.45) is 0. The third-order valence-electron chi connectivity index (χ3n) is 2.50. The van der Waals surface area contributed by atoms with Gasteiger partial charge in [0.15, 0.2) is 17.5 Å². The Kier molecular flexibility index (Phi) is 3.68. The van der Waals surface area contributed by atoms with Crippen LogP contribution < -0.4 is 5.32 Å². The SMILES string of the molecule is CNCc1sc(-c2ccc(F)c(F)c2F)nc1C. The number of hydrogen-bond acceptors (Lipinski definition) is 3. The number of aromatic nitrogens is 1. The van der Waals surface area contributed by atoms with E-state index in [2.05, 4.69) is 10.3 Å². The van der Waals surface area contributed by atoms with Crippen LogP contribution in [0.2, 0.25) is 0 Å². The molecule has 0 atom stereocenters. The minimum Gasteiger partial charge on any atom is -0.315 e. The normalized spacial score (nSPS) is 10.9. The van der Waals surface area contributed by atoms with Crippen molar-refractivity contribution in [2.24, 2.45) is 0 Å². The highest BCUT2D eigenvalue weighted by molar-refractivity contribution is 7.15. The van der Waals surface area contributed by atoms with Crippen molar-refractivity contribution in [3.63, 3.8) is 0 Å².